The van der Waals surface area contributed by atoms with E-state index in [4.69, 9.17) is 9.15 Å². The van der Waals surface area contributed by atoms with Gasteiger partial charge in [0.05, 0.1) is 26.5 Å². The van der Waals surface area contributed by atoms with E-state index in [0.29, 0.717) is 19.0 Å². The molecule has 1 aliphatic rings. The van der Waals surface area contributed by atoms with Crippen molar-refractivity contribution in [2.45, 2.75) is 18.9 Å². The van der Waals surface area contributed by atoms with Crippen molar-refractivity contribution < 1.29 is 13.9 Å². The summed E-state index contributed by atoms with van der Waals surface area (Å²) in [5.41, 5.74) is 1.31. The lowest BCUT2D eigenvalue weighted by molar-refractivity contribution is -0.122. The van der Waals surface area contributed by atoms with Crippen molar-refractivity contribution in [3.63, 3.8) is 0 Å². The molecule has 122 valence electrons. The zero-order valence-electron chi connectivity index (χ0n) is 13.3. The summed E-state index contributed by atoms with van der Waals surface area (Å²) in [6, 6.07) is 11.9. The Balaban J connectivity index is 1.46. The normalized spacial score (nSPS) is 18.0. The molecule has 0 spiro atoms. The van der Waals surface area contributed by atoms with Gasteiger partial charge in [-0.25, -0.2) is 0 Å². The second-order valence-electron chi connectivity index (χ2n) is 5.85. The van der Waals surface area contributed by atoms with Crippen molar-refractivity contribution in [2.24, 2.45) is 0 Å². The lowest BCUT2D eigenvalue weighted by Crippen LogP contribution is -2.35. The average molecular weight is 314 g/mol. The Bertz CT molecular complexity index is 622. The summed E-state index contributed by atoms with van der Waals surface area (Å²) < 4.78 is 10.4. The highest BCUT2D eigenvalue weighted by atomic mass is 16.5. The first-order valence-corrected chi connectivity index (χ1v) is 7.90. The fourth-order valence-electron chi connectivity index (χ4n) is 2.98. The number of hydrogen-bond donors (Lipinski definition) is 1. The van der Waals surface area contributed by atoms with Gasteiger partial charge in [0, 0.05) is 6.54 Å². The standard InChI is InChI=1S/C18H22N2O3/c1-22-16-6-4-14(5-7-16)15-8-9-20(12-15)13-18(21)19-11-17-3-2-10-23-17/h2-7,10,15H,8-9,11-13H2,1H3,(H,19,21). The number of likely N-dealkylation sites (tertiary alicyclic amines) is 1. The maximum Gasteiger partial charge on any atom is 0.234 e. The molecule has 1 amide bonds. The van der Waals surface area contributed by atoms with Crippen LogP contribution in [0.2, 0.25) is 0 Å². The number of nitrogens with one attached hydrogen (secondary N) is 1. The Morgan fingerprint density at radius 1 is 1.35 bits per heavy atom. The first kappa shape index (κ1) is 15.6. The van der Waals surface area contributed by atoms with Gasteiger partial charge in [0.15, 0.2) is 0 Å². The molecule has 0 radical (unpaired) electrons. The summed E-state index contributed by atoms with van der Waals surface area (Å²) in [4.78, 5) is 14.2. The van der Waals surface area contributed by atoms with Gasteiger partial charge in [-0.3, -0.25) is 9.69 Å². The predicted molar refractivity (Wildman–Crippen MR) is 87.3 cm³/mol. The SMILES string of the molecule is COc1ccc(C2CCN(CC(=O)NCc3ccco3)C2)cc1. The van der Waals surface area contributed by atoms with Crippen molar-refractivity contribution in [2.75, 3.05) is 26.7 Å². The van der Waals surface area contributed by atoms with Crippen LogP contribution in [0.25, 0.3) is 0 Å². The highest BCUT2D eigenvalue weighted by Gasteiger charge is 2.25. The Morgan fingerprint density at radius 2 is 2.17 bits per heavy atom. The smallest absolute Gasteiger partial charge is 0.234 e. The predicted octanol–water partition coefficient (Wildman–Crippen LogP) is 2.39. The van der Waals surface area contributed by atoms with Gasteiger partial charge in [-0.2, -0.15) is 0 Å². The van der Waals surface area contributed by atoms with Crippen molar-refractivity contribution in [1.29, 1.82) is 0 Å². The molecule has 1 saturated heterocycles. The number of amides is 1. The fourth-order valence-corrected chi connectivity index (χ4v) is 2.98. The molecule has 2 heterocycles. The van der Waals surface area contributed by atoms with Crippen LogP contribution in [0.3, 0.4) is 0 Å². The summed E-state index contributed by atoms with van der Waals surface area (Å²) in [7, 11) is 1.67. The highest BCUT2D eigenvalue weighted by molar-refractivity contribution is 5.78. The molecule has 2 aromatic rings. The van der Waals surface area contributed by atoms with Crippen LogP contribution in [-0.4, -0.2) is 37.6 Å². The molecular weight excluding hydrogens is 292 g/mol. The maximum atomic E-state index is 12.0. The summed E-state index contributed by atoms with van der Waals surface area (Å²) in [5, 5.41) is 2.89. The monoisotopic (exact) mass is 314 g/mol. The van der Waals surface area contributed by atoms with Gasteiger partial charge in [-0.05, 0) is 48.7 Å². The Morgan fingerprint density at radius 3 is 2.87 bits per heavy atom. The van der Waals surface area contributed by atoms with Crippen molar-refractivity contribution in [3.8, 4) is 5.75 Å². The van der Waals surface area contributed by atoms with Gasteiger partial charge in [0.2, 0.25) is 5.91 Å². The lowest BCUT2D eigenvalue weighted by Gasteiger charge is -2.16. The molecule has 1 N–H and O–H groups in total. The van der Waals surface area contributed by atoms with E-state index >= 15 is 0 Å². The first-order chi connectivity index (χ1) is 11.2. The minimum atomic E-state index is 0.0387. The molecule has 0 bridgehead atoms. The van der Waals surface area contributed by atoms with Gasteiger partial charge >= 0.3 is 0 Å². The molecule has 0 saturated carbocycles. The second kappa shape index (κ2) is 7.33. The minimum absolute atomic E-state index is 0.0387. The third-order valence-electron chi connectivity index (χ3n) is 4.27. The Hall–Kier alpha value is -2.27. The van der Waals surface area contributed by atoms with Crippen LogP contribution >= 0.6 is 0 Å². The molecule has 1 aliphatic heterocycles. The van der Waals surface area contributed by atoms with Gasteiger partial charge in [-0.15, -0.1) is 0 Å². The second-order valence-corrected chi connectivity index (χ2v) is 5.85. The molecule has 5 heteroatoms. The number of methoxy groups -OCH3 is 1. The molecule has 5 nitrogen and oxygen atoms in total. The quantitative estimate of drug-likeness (QED) is 0.889. The number of carbonyl (C=O) groups is 1. The number of ether oxygens (including phenoxy) is 1. The summed E-state index contributed by atoms with van der Waals surface area (Å²) in [5.74, 6) is 2.17. The molecule has 1 fully saturated rings. The largest absolute Gasteiger partial charge is 0.497 e. The van der Waals surface area contributed by atoms with Crippen LogP contribution in [0, 0.1) is 0 Å². The van der Waals surface area contributed by atoms with Crippen LogP contribution in [0.4, 0.5) is 0 Å². The third kappa shape index (κ3) is 4.13. The molecular formula is C18H22N2O3. The van der Waals surface area contributed by atoms with Crippen molar-refractivity contribution >= 4 is 5.91 Å². The zero-order chi connectivity index (χ0) is 16.1. The molecule has 1 unspecified atom stereocenters. The zero-order valence-corrected chi connectivity index (χ0v) is 13.3. The van der Waals surface area contributed by atoms with Gasteiger partial charge in [0.1, 0.15) is 11.5 Å². The van der Waals surface area contributed by atoms with Crippen LogP contribution in [0.1, 0.15) is 23.7 Å². The van der Waals surface area contributed by atoms with E-state index in [-0.39, 0.29) is 5.91 Å². The number of nitrogens with zero attached hydrogens (tertiary/aromatic N) is 1. The molecule has 0 aliphatic carbocycles. The number of furan rings is 1. The lowest BCUT2D eigenvalue weighted by atomic mass is 9.98. The third-order valence-corrected chi connectivity index (χ3v) is 4.27. The summed E-state index contributed by atoms with van der Waals surface area (Å²) >= 11 is 0. The van der Waals surface area contributed by atoms with E-state index in [0.717, 1.165) is 31.0 Å². The highest BCUT2D eigenvalue weighted by Crippen LogP contribution is 2.28. The first-order valence-electron chi connectivity index (χ1n) is 7.90. The van der Waals surface area contributed by atoms with E-state index < -0.39 is 0 Å². The van der Waals surface area contributed by atoms with Crippen LogP contribution in [-0.2, 0) is 11.3 Å². The van der Waals surface area contributed by atoms with Crippen LogP contribution in [0.15, 0.2) is 47.1 Å². The number of carbonyl (C=O) groups excluding carboxylic acids is 1. The van der Waals surface area contributed by atoms with Gasteiger partial charge in [0.25, 0.3) is 0 Å². The van der Waals surface area contributed by atoms with Crippen LogP contribution in [0.5, 0.6) is 5.75 Å². The summed E-state index contributed by atoms with van der Waals surface area (Å²) in [6.45, 7) is 2.75. The molecule has 23 heavy (non-hydrogen) atoms. The van der Waals surface area contributed by atoms with E-state index in [2.05, 4.69) is 22.3 Å². The molecule has 1 aromatic carbocycles. The number of benzene rings is 1. The van der Waals surface area contributed by atoms with E-state index in [9.17, 15) is 4.79 Å². The molecule has 1 aromatic heterocycles. The van der Waals surface area contributed by atoms with Gasteiger partial charge < -0.3 is 14.5 Å². The molecule has 1 atom stereocenters. The van der Waals surface area contributed by atoms with Crippen molar-refractivity contribution in [3.05, 3.63) is 54.0 Å². The molecule has 3 rings (SSSR count). The van der Waals surface area contributed by atoms with E-state index in [1.54, 1.807) is 13.4 Å². The number of hydrogen-bond acceptors (Lipinski definition) is 4. The number of rotatable bonds is 6. The minimum Gasteiger partial charge on any atom is -0.497 e. The fraction of sp³-hybridized carbons (Fsp3) is 0.389. The van der Waals surface area contributed by atoms with Crippen LogP contribution < -0.4 is 10.1 Å². The van der Waals surface area contributed by atoms with Crippen molar-refractivity contribution in [1.82, 2.24) is 10.2 Å². The van der Waals surface area contributed by atoms with E-state index in [1.807, 2.05) is 24.3 Å². The Labute approximate surface area is 136 Å². The van der Waals surface area contributed by atoms with Gasteiger partial charge in [-0.1, -0.05) is 12.1 Å². The average Bonchev–Trinajstić information content (AvgIpc) is 3.25. The summed E-state index contributed by atoms with van der Waals surface area (Å²) in [6.07, 6.45) is 2.69. The Kier molecular flexibility index (Phi) is 4.98. The van der Waals surface area contributed by atoms with E-state index in [1.165, 1.54) is 5.56 Å². The topological polar surface area (TPSA) is 54.7 Å². The maximum absolute atomic E-state index is 12.0.